The third-order valence-electron chi connectivity index (χ3n) is 8.05. The molecular formula is C28H32F5N7O3. The first-order valence-electron chi connectivity index (χ1n) is 14.2. The van der Waals surface area contributed by atoms with Crippen molar-refractivity contribution in [2.24, 2.45) is 0 Å². The summed E-state index contributed by atoms with van der Waals surface area (Å²) in [7, 11) is 0. The van der Waals surface area contributed by atoms with E-state index in [1.54, 1.807) is 6.92 Å². The molecule has 2 saturated heterocycles. The summed E-state index contributed by atoms with van der Waals surface area (Å²) in [6.07, 6.45) is -3.99. The molecule has 232 valence electrons. The molecule has 1 aromatic carbocycles. The lowest BCUT2D eigenvalue weighted by atomic mass is 9.95. The Balaban J connectivity index is 1.45. The fraction of sp³-hybridized carbons (Fsp3) is 0.536. The van der Waals surface area contributed by atoms with Crippen molar-refractivity contribution in [3.05, 3.63) is 28.8 Å². The van der Waals surface area contributed by atoms with Crippen molar-refractivity contribution in [3.8, 4) is 23.1 Å². The van der Waals surface area contributed by atoms with Gasteiger partial charge < -0.3 is 30.6 Å². The normalized spacial score (nSPS) is 22.4. The number of pyridine rings is 1. The third-order valence-corrected chi connectivity index (χ3v) is 8.05. The van der Waals surface area contributed by atoms with Gasteiger partial charge in [0.25, 0.3) is 0 Å². The molecule has 3 unspecified atom stereocenters. The maximum Gasteiger partial charge on any atom is 0.417 e. The quantitative estimate of drug-likeness (QED) is 0.216. The van der Waals surface area contributed by atoms with Gasteiger partial charge >= 0.3 is 12.2 Å². The number of benzene rings is 1. The maximum absolute atomic E-state index is 16.4. The van der Waals surface area contributed by atoms with E-state index in [2.05, 4.69) is 30.5 Å². The molecule has 3 aliphatic heterocycles. The van der Waals surface area contributed by atoms with Gasteiger partial charge in [0, 0.05) is 31.7 Å². The molecule has 0 aliphatic carbocycles. The predicted octanol–water partition coefficient (Wildman–Crippen LogP) is 3.90. The number of rotatable bonds is 6. The van der Waals surface area contributed by atoms with Crippen molar-refractivity contribution in [2.75, 3.05) is 57.0 Å². The van der Waals surface area contributed by atoms with Crippen LogP contribution in [0, 0.1) is 18.6 Å². The van der Waals surface area contributed by atoms with E-state index in [0.29, 0.717) is 44.6 Å². The Morgan fingerprint density at radius 1 is 1.14 bits per heavy atom. The number of hydrogen-bond donors (Lipinski definition) is 3. The molecule has 43 heavy (non-hydrogen) atoms. The van der Waals surface area contributed by atoms with Gasteiger partial charge in [-0.2, -0.15) is 23.1 Å². The molecule has 0 saturated carbocycles. The number of halogens is 5. The minimum atomic E-state index is -5.04. The van der Waals surface area contributed by atoms with Crippen LogP contribution in [0.1, 0.15) is 30.9 Å². The summed E-state index contributed by atoms with van der Waals surface area (Å²) in [6, 6.07) is 1.02. The third kappa shape index (κ3) is 5.60. The first kappa shape index (κ1) is 29.5. The Kier molecular flexibility index (Phi) is 7.89. The molecule has 3 atom stereocenters. The fourth-order valence-electron chi connectivity index (χ4n) is 5.65. The molecule has 0 spiro atoms. The van der Waals surface area contributed by atoms with Crippen molar-refractivity contribution in [3.63, 3.8) is 0 Å². The number of likely N-dealkylation sites (tertiary alicyclic amines) is 1. The van der Waals surface area contributed by atoms with E-state index in [4.69, 9.17) is 19.9 Å². The lowest BCUT2D eigenvalue weighted by Gasteiger charge is -2.55. The number of aromatic nitrogens is 3. The highest BCUT2D eigenvalue weighted by Gasteiger charge is 2.46. The van der Waals surface area contributed by atoms with Crippen molar-refractivity contribution in [2.45, 2.75) is 51.1 Å². The molecule has 0 radical (unpaired) electrons. The van der Waals surface area contributed by atoms with E-state index < -0.39 is 52.0 Å². The number of morpholine rings is 1. The molecule has 3 aromatic rings. The molecule has 10 nitrogen and oxygen atoms in total. The van der Waals surface area contributed by atoms with Gasteiger partial charge in [-0.1, -0.05) is 0 Å². The van der Waals surface area contributed by atoms with Crippen LogP contribution in [0.3, 0.4) is 0 Å². The maximum atomic E-state index is 16.4. The van der Waals surface area contributed by atoms with Crippen LogP contribution in [-0.4, -0.2) is 84.0 Å². The summed E-state index contributed by atoms with van der Waals surface area (Å²) in [5.74, 6) is -2.42. The second-order valence-electron chi connectivity index (χ2n) is 11.0. The van der Waals surface area contributed by atoms with Crippen LogP contribution in [0.15, 0.2) is 6.07 Å². The second kappa shape index (κ2) is 11.5. The summed E-state index contributed by atoms with van der Waals surface area (Å²) in [5, 5.41) is 6.43. The zero-order chi connectivity index (χ0) is 30.5. The van der Waals surface area contributed by atoms with Crippen molar-refractivity contribution < 1.29 is 36.2 Å². The smallest absolute Gasteiger partial charge is 0.417 e. The standard InChI is InChI=1S/C28H32F5N7O3/c1-13-4-5-35-6-7-36-25-19-24(38-27(39-25)41-9-3-8-40-11-18-17(40)12-42-18)22(30)23(37-26(19)43-13)15-10-16(34)21(29)14(2)20(15)28(31,32)33/h10,13,17-18,35H,3-9,11-12,34H2,1-2H3,(H,36,38,39). The van der Waals surface area contributed by atoms with Crippen LogP contribution >= 0.6 is 0 Å². The van der Waals surface area contributed by atoms with E-state index >= 15 is 4.39 Å². The van der Waals surface area contributed by atoms with Gasteiger partial charge in [0.15, 0.2) is 5.82 Å². The summed E-state index contributed by atoms with van der Waals surface area (Å²) in [4.78, 5) is 15.2. The van der Waals surface area contributed by atoms with Crippen LogP contribution < -0.4 is 25.8 Å². The van der Waals surface area contributed by atoms with Crippen LogP contribution in [0.5, 0.6) is 11.9 Å². The number of ether oxygens (including phenoxy) is 3. The zero-order valence-corrected chi connectivity index (χ0v) is 23.7. The average molecular weight is 610 g/mol. The minimum Gasteiger partial charge on any atom is -0.474 e. The van der Waals surface area contributed by atoms with E-state index in [9.17, 15) is 17.6 Å². The van der Waals surface area contributed by atoms with E-state index in [0.717, 1.165) is 32.7 Å². The number of nitrogen functional groups attached to an aromatic ring is 1. The molecule has 2 aromatic heterocycles. The number of fused-ring (bicyclic) bond motifs is 1. The number of nitrogens with two attached hydrogens (primary N) is 1. The van der Waals surface area contributed by atoms with Crippen molar-refractivity contribution in [1.82, 2.24) is 25.2 Å². The Bertz CT molecular complexity index is 1540. The molecule has 5 heterocycles. The summed E-state index contributed by atoms with van der Waals surface area (Å²) >= 11 is 0. The summed E-state index contributed by atoms with van der Waals surface area (Å²) in [5.41, 5.74) is 1.17. The second-order valence-corrected chi connectivity index (χ2v) is 11.0. The van der Waals surface area contributed by atoms with Crippen LogP contribution in [-0.2, 0) is 10.9 Å². The van der Waals surface area contributed by atoms with Gasteiger partial charge in [0.2, 0.25) is 5.88 Å². The zero-order valence-electron chi connectivity index (χ0n) is 23.7. The lowest BCUT2D eigenvalue weighted by molar-refractivity contribution is -0.214. The van der Waals surface area contributed by atoms with Gasteiger partial charge in [0.05, 0.1) is 42.7 Å². The van der Waals surface area contributed by atoms with Gasteiger partial charge in [-0.05, 0) is 44.9 Å². The van der Waals surface area contributed by atoms with Crippen molar-refractivity contribution in [1.29, 1.82) is 0 Å². The Morgan fingerprint density at radius 2 is 1.95 bits per heavy atom. The highest BCUT2D eigenvalue weighted by Crippen LogP contribution is 2.44. The number of nitrogens with one attached hydrogen (secondary N) is 2. The SMILES string of the molecule is Cc1c(F)c(N)cc(-c2nc3c4c(nc(OCCCN5CC6OCC65)nc4c2F)NCCNCCC(C)O3)c1C(F)(F)F. The lowest BCUT2D eigenvalue weighted by Crippen LogP contribution is -2.70. The highest BCUT2D eigenvalue weighted by atomic mass is 19.4. The number of nitrogens with zero attached hydrogens (tertiary/aromatic N) is 4. The molecule has 2 fully saturated rings. The van der Waals surface area contributed by atoms with E-state index in [-0.39, 0.29) is 35.2 Å². The van der Waals surface area contributed by atoms with Crippen LogP contribution in [0.25, 0.3) is 22.2 Å². The number of anilines is 2. The number of hydrogen-bond acceptors (Lipinski definition) is 10. The Morgan fingerprint density at radius 3 is 2.65 bits per heavy atom. The fourth-order valence-corrected chi connectivity index (χ4v) is 5.65. The minimum absolute atomic E-state index is 0.0549. The number of alkyl halides is 3. The first-order valence-corrected chi connectivity index (χ1v) is 14.2. The first-order chi connectivity index (χ1) is 20.5. The topological polar surface area (TPSA) is 120 Å². The van der Waals surface area contributed by atoms with Gasteiger partial charge in [-0.25, -0.2) is 13.8 Å². The van der Waals surface area contributed by atoms with Crippen LogP contribution in [0.4, 0.5) is 33.5 Å². The monoisotopic (exact) mass is 609 g/mol. The van der Waals surface area contributed by atoms with Gasteiger partial charge in [-0.15, -0.1) is 0 Å². The molecule has 6 rings (SSSR count). The average Bonchev–Trinajstić information content (AvgIpc) is 2.97. The Labute approximate surface area is 244 Å². The van der Waals surface area contributed by atoms with Crippen LogP contribution in [0.2, 0.25) is 0 Å². The summed E-state index contributed by atoms with van der Waals surface area (Å²) in [6.45, 7) is 6.84. The molecule has 15 heteroatoms. The van der Waals surface area contributed by atoms with Crippen molar-refractivity contribution >= 4 is 22.4 Å². The largest absolute Gasteiger partial charge is 0.474 e. The highest BCUT2D eigenvalue weighted by molar-refractivity contribution is 5.96. The predicted molar refractivity (Wildman–Crippen MR) is 148 cm³/mol. The molecule has 4 N–H and O–H groups in total. The molecule has 0 bridgehead atoms. The Hall–Kier alpha value is -3.56. The molecular weight excluding hydrogens is 577 g/mol. The molecule has 3 aliphatic rings. The van der Waals surface area contributed by atoms with Gasteiger partial charge in [0.1, 0.15) is 28.2 Å². The summed E-state index contributed by atoms with van der Waals surface area (Å²) < 4.78 is 91.0. The van der Waals surface area contributed by atoms with Gasteiger partial charge in [-0.3, -0.25) is 4.90 Å². The molecule has 0 amide bonds. The van der Waals surface area contributed by atoms with E-state index in [1.165, 1.54) is 0 Å². The van der Waals surface area contributed by atoms with E-state index in [1.807, 2.05) is 0 Å².